The van der Waals surface area contributed by atoms with Gasteiger partial charge in [-0.3, -0.25) is 9.69 Å². The van der Waals surface area contributed by atoms with Crippen LogP contribution < -0.4 is 5.32 Å². The fourth-order valence-electron chi connectivity index (χ4n) is 3.63. The molecule has 3 heteroatoms. The molecule has 1 N–H and O–H groups in total. The van der Waals surface area contributed by atoms with E-state index in [1.807, 2.05) is 6.07 Å². The first-order valence-corrected chi connectivity index (χ1v) is 8.86. The lowest BCUT2D eigenvalue weighted by atomic mass is 10.0. The van der Waals surface area contributed by atoms with Crippen molar-refractivity contribution in [1.82, 2.24) is 4.90 Å². The van der Waals surface area contributed by atoms with Crippen LogP contribution in [0.15, 0.2) is 48.5 Å². The summed E-state index contributed by atoms with van der Waals surface area (Å²) in [6, 6.07) is 17.1. The molecule has 1 unspecified atom stereocenters. The zero-order valence-corrected chi connectivity index (χ0v) is 14.6. The van der Waals surface area contributed by atoms with Gasteiger partial charge in [0, 0.05) is 11.7 Å². The van der Waals surface area contributed by atoms with Crippen LogP contribution in [0.1, 0.15) is 42.5 Å². The van der Waals surface area contributed by atoms with Gasteiger partial charge in [-0.05, 0) is 49.4 Å². The van der Waals surface area contributed by atoms with Crippen molar-refractivity contribution in [3.63, 3.8) is 0 Å². The molecule has 1 fully saturated rings. The molecule has 126 valence electrons. The molecule has 1 aliphatic rings. The predicted molar refractivity (Wildman–Crippen MR) is 99.2 cm³/mol. The van der Waals surface area contributed by atoms with Crippen molar-refractivity contribution in [3.8, 4) is 0 Å². The quantitative estimate of drug-likeness (QED) is 0.888. The van der Waals surface area contributed by atoms with Crippen molar-refractivity contribution in [2.45, 2.75) is 39.2 Å². The van der Waals surface area contributed by atoms with Gasteiger partial charge in [0.1, 0.15) is 0 Å². The minimum atomic E-state index is 0.0850. The van der Waals surface area contributed by atoms with E-state index in [4.69, 9.17) is 0 Å². The standard InChI is InChI=1S/C21H26N2O/c1-3-17-12-7-9-16(2)21(17)22-20(24)15-23-14-8-13-19(23)18-10-5-4-6-11-18/h4-7,9-12,19H,3,8,13-15H2,1-2H3,(H,22,24). The number of carbonyl (C=O) groups excluding carboxylic acids is 1. The van der Waals surface area contributed by atoms with Gasteiger partial charge >= 0.3 is 0 Å². The number of hydrogen-bond acceptors (Lipinski definition) is 2. The fourth-order valence-corrected chi connectivity index (χ4v) is 3.63. The van der Waals surface area contributed by atoms with Crippen LogP contribution in [0.5, 0.6) is 0 Å². The average Bonchev–Trinajstić information content (AvgIpc) is 3.05. The monoisotopic (exact) mass is 322 g/mol. The number of rotatable bonds is 5. The van der Waals surface area contributed by atoms with E-state index >= 15 is 0 Å². The number of nitrogens with one attached hydrogen (secondary N) is 1. The number of amides is 1. The number of hydrogen-bond donors (Lipinski definition) is 1. The summed E-state index contributed by atoms with van der Waals surface area (Å²) in [6.07, 6.45) is 3.20. The molecular weight excluding hydrogens is 296 g/mol. The number of nitrogens with zero attached hydrogens (tertiary/aromatic N) is 1. The molecule has 1 atom stereocenters. The number of likely N-dealkylation sites (tertiary alicyclic amines) is 1. The summed E-state index contributed by atoms with van der Waals surface area (Å²) in [6.45, 7) is 5.62. The van der Waals surface area contributed by atoms with Gasteiger partial charge in [-0.15, -0.1) is 0 Å². The molecule has 3 nitrogen and oxygen atoms in total. The molecule has 0 spiro atoms. The van der Waals surface area contributed by atoms with Crippen LogP contribution in [0.4, 0.5) is 5.69 Å². The van der Waals surface area contributed by atoms with Crippen LogP contribution in [-0.4, -0.2) is 23.9 Å². The van der Waals surface area contributed by atoms with Crippen molar-refractivity contribution in [3.05, 3.63) is 65.2 Å². The Morgan fingerprint density at radius 2 is 1.96 bits per heavy atom. The number of anilines is 1. The first-order valence-electron chi connectivity index (χ1n) is 8.86. The molecule has 2 aromatic carbocycles. The van der Waals surface area contributed by atoms with Crippen LogP contribution in [0.3, 0.4) is 0 Å². The molecule has 0 saturated carbocycles. The highest BCUT2D eigenvalue weighted by atomic mass is 16.2. The van der Waals surface area contributed by atoms with Gasteiger partial charge in [-0.25, -0.2) is 0 Å². The number of para-hydroxylation sites is 1. The normalized spacial score (nSPS) is 17.8. The maximum absolute atomic E-state index is 12.6. The molecule has 0 radical (unpaired) electrons. The zero-order chi connectivity index (χ0) is 16.9. The Morgan fingerprint density at radius 1 is 1.17 bits per heavy atom. The minimum Gasteiger partial charge on any atom is -0.324 e. The third-order valence-corrected chi connectivity index (χ3v) is 4.90. The summed E-state index contributed by atoms with van der Waals surface area (Å²) in [4.78, 5) is 14.9. The molecule has 0 aromatic heterocycles. The predicted octanol–water partition coefficient (Wildman–Crippen LogP) is 4.33. The van der Waals surface area contributed by atoms with E-state index < -0.39 is 0 Å². The van der Waals surface area contributed by atoms with Crippen molar-refractivity contribution in [1.29, 1.82) is 0 Å². The SMILES string of the molecule is CCc1cccc(C)c1NC(=O)CN1CCCC1c1ccccc1. The Labute approximate surface area is 144 Å². The molecule has 0 aliphatic carbocycles. The zero-order valence-electron chi connectivity index (χ0n) is 14.6. The van der Waals surface area contributed by atoms with Crippen LogP contribution in [0, 0.1) is 6.92 Å². The highest BCUT2D eigenvalue weighted by Crippen LogP contribution is 2.31. The summed E-state index contributed by atoms with van der Waals surface area (Å²) in [5, 5.41) is 3.15. The number of aryl methyl sites for hydroxylation is 2. The summed E-state index contributed by atoms with van der Waals surface area (Å²) < 4.78 is 0. The fraction of sp³-hybridized carbons (Fsp3) is 0.381. The number of carbonyl (C=O) groups is 1. The van der Waals surface area contributed by atoms with Crippen molar-refractivity contribution < 1.29 is 4.79 Å². The molecule has 1 saturated heterocycles. The lowest BCUT2D eigenvalue weighted by molar-refractivity contribution is -0.117. The second-order valence-electron chi connectivity index (χ2n) is 6.55. The van der Waals surface area contributed by atoms with Crippen molar-refractivity contribution in [2.24, 2.45) is 0 Å². The van der Waals surface area contributed by atoms with Gasteiger partial charge in [0.25, 0.3) is 0 Å². The number of benzene rings is 2. The third kappa shape index (κ3) is 3.68. The van der Waals surface area contributed by atoms with Crippen LogP contribution in [0.25, 0.3) is 0 Å². The van der Waals surface area contributed by atoms with Crippen molar-refractivity contribution in [2.75, 3.05) is 18.4 Å². The maximum atomic E-state index is 12.6. The van der Waals surface area contributed by atoms with Gasteiger partial charge < -0.3 is 5.32 Å². The van der Waals surface area contributed by atoms with E-state index in [2.05, 4.69) is 66.5 Å². The topological polar surface area (TPSA) is 32.3 Å². The minimum absolute atomic E-state index is 0.0850. The smallest absolute Gasteiger partial charge is 0.238 e. The van der Waals surface area contributed by atoms with E-state index in [0.717, 1.165) is 37.1 Å². The molecule has 1 aliphatic heterocycles. The molecular formula is C21H26N2O. The Hall–Kier alpha value is -2.13. The van der Waals surface area contributed by atoms with Gasteiger partial charge in [-0.2, -0.15) is 0 Å². The first kappa shape index (κ1) is 16.7. The van der Waals surface area contributed by atoms with E-state index in [1.54, 1.807) is 0 Å². The van der Waals surface area contributed by atoms with Gasteiger partial charge in [0.15, 0.2) is 0 Å². The lowest BCUT2D eigenvalue weighted by Gasteiger charge is -2.24. The van der Waals surface area contributed by atoms with E-state index in [1.165, 1.54) is 11.1 Å². The summed E-state index contributed by atoms with van der Waals surface area (Å²) in [5.41, 5.74) is 4.63. The van der Waals surface area contributed by atoms with E-state index in [-0.39, 0.29) is 5.91 Å². The first-order chi connectivity index (χ1) is 11.7. The Balaban J connectivity index is 1.69. The molecule has 2 aromatic rings. The summed E-state index contributed by atoms with van der Waals surface area (Å²) >= 11 is 0. The third-order valence-electron chi connectivity index (χ3n) is 4.90. The molecule has 1 heterocycles. The Morgan fingerprint density at radius 3 is 2.71 bits per heavy atom. The van der Waals surface area contributed by atoms with E-state index in [9.17, 15) is 4.79 Å². The van der Waals surface area contributed by atoms with Crippen LogP contribution >= 0.6 is 0 Å². The molecule has 0 bridgehead atoms. The molecule has 1 amide bonds. The van der Waals surface area contributed by atoms with Crippen LogP contribution in [-0.2, 0) is 11.2 Å². The average molecular weight is 322 g/mol. The maximum Gasteiger partial charge on any atom is 0.238 e. The largest absolute Gasteiger partial charge is 0.324 e. The highest BCUT2D eigenvalue weighted by molar-refractivity contribution is 5.93. The molecule has 3 rings (SSSR count). The lowest BCUT2D eigenvalue weighted by Crippen LogP contribution is -2.33. The Kier molecular flexibility index (Phi) is 5.31. The molecule has 24 heavy (non-hydrogen) atoms. The second kappa shape index (κ2) is 7.63. The van der Waals surface area contributed by atoms with Crippen LogP contribution in [0.2, 0.25) is 0 Å². The van der Waals surface area contributed by atoms with Crippen molar-refractivity contribution >= 4 is 11.6 Å². The Bertz CT molecular complexity index is 696. The second-order valence-corrected chi connectivity index (χ2v) is 6.55. The summed E-state index contributed by atoms with van der Waals surface area (Å²) in [7, 11) is 0. The van der Waals surface area contributed by atoms with Gasteiger partial charge in [0.2, 0.25) is 5.91 Å². The van der Waals surface area contributed by atoms with Gasteiger partial charge in [-0.1, -0.05) is 55.5 Å². The highest BCUT2D eigenvalue weighted by Gasteiger charge is 2.27. The summed E-state index contributed by atoms with van der Waals surface area (Å²) in [5.74, 6) is 0.0850. The van der Waals surface area contributed by atoms with E-state index in [0.29, 0.717) is 12.6 Å². The van der Waals surface area contributed by atoms with Gasteiger partial charge in [0.05, 0.1) is 6.54 Å².